The Kier molecular flexibility index (Phi) is 7.44. The van der Waals surface area contributed by atoms with E-state index in [1.807, 2.05) is 0 Å². The molecular formula is C22H24BrFN2O4. The number of Topliss-reactive ketones (excluding diaryl/α,β-unsaturated/α-hetero) is 1. The summed E-state index contributed by atoms with van der Waals surface area (Å²) in [6.45, 7) is 4.34. The fourth-order valence-electron chi connectivity index (χ4n) is 3.40. The van der Waals surface area contributed by atoms with E-state index in [1.165, 1.54) is 19.1 Å². The topological polar surface area (TPSA) is 59.1 Å². The zero-order valence-electron chi connectivity index (χ0n) is 17.0. The first-order valence-corrected chi connectivity index (χ1v) is 10.4. The van der Waals surface area contributed by atoms with E-state index in [1.54, 1.807) is 36.3 Å². The number of carbonyl (C=O) groups excluding carboxylic acids is 2. The number of benzene rings is 2. The van der Waals surface area contributed by atoms with Crippen LogP contribution < -0.4 is 9.47 Å². The van der Waals surface area contributed by atoms with E-state index in [0.717, 1.165) is 10.0 Å². The summed E-state index contributed by atoms with van der Waals surface area (Å²) in [6, 6.07) is 9.61. The van der Waals surface area contributed by atoms with Crippen molar-refractivity contribution in [2.45, 2.75) is 13.5 Å². The molecule has 6 nitrogen and oxygen atoms in total. The van der Waals surface area contributed by atoms with Crippen molar-refractivity contribution in [1.29, 1.82) is 0 Å². The molecule has 0 spiro atoms. The summed E-state index contributed by atoms with van der Waals surface area (Å²) in [5.74, 6) is 0.500. The third-order valence-electron chi connectivity index (χ3n) is 5.03. The van der Waals surface area contributed by atoms with Gasteiger partial charge < -0.3 is 14.4 Å². The van der Waals surface area contributed by atoms with Crippen molar-refractivity contribution >= 4 is 27.6 Å². The van der Waals surface area contributed by atoms with Gasteiger partial charge in [-0.2, -0.15) is 0 Å². The van der Waals surface area contributed by atoms with E-state index in [2.05, 4.69) is 20.8 Å². The van der Waals surface area contributed by atoms with Gasteiger partial charge in [-0.15, -0.1) is 0 Å². The van der Waals surface area contributed by atoms with E-state index in [0.29, 0.717) is 49.8 Å². The van der Waals surface area contributed by atoms with Crippen LogP contribution in [0.2, 0.25) is 0 Å². The number of ether oxygens (including phenoxy) is 2. The van der Waals surface area contributed by atoms with Crippen molar-refractivity contribution in [1.82, 2.24) is 9.80 Å². The highest BCUT2D eigenvalue weighted by Gasteiger charge is 2.23. The van der Waals surface area contributed by atoms with Crippen LogP contribution in [0.1, 0.15) is 22.8 Å². The smallest absolute Gasteiger partial charge is 0.260 e. The second-order valence-corrected chi connectivity index (χ2v) is 8.01. The molecule has 1 aliphatic rings. The van der Waals surface area contributed by atoms with Gasteiger partial charge in [-0.25, -0.2) is 4.39 Å². The lowest BCUT2D eigenvalue weighted by Crippen LogP contribution is -2.49. The van der Waals surface area contributed by atoms with E-state index >= 15 is 0 Å². The highest BCUT2D eigenvalue weighted by molar-refractivity contribution is 9.10. The van der Waals surface area contributed by atoms with Gasteiger partial charge in [-0.05, 0) is 43.3 Å². The molecule has 0 bridgehead atoms. The molecule has 3 rings (SSSR count). The zero-order valence-corrected chi connectivity index (χ0v) is 18.6. The quantitative estimate of drug-likeness (QED) is 0.569. The molecule has 0 unspecified atom stereocenters. The molecule has 1 fully saturated rings. The molecular weight excluding hydrogens is 455 g/mol. The van der Waals surface area contributed by atoms with Crippen LogP contribution in [0.25, 0.3) is 0 Å². The standard InChI is InChI=1S/C22H24BrFN2O4/c1-15(27)19-12-17(23)3-5-21(19)30-14-22(28)26-9-7-25(8-10-26)13-16-11-18(24)4-6-20(16)29-2/h3-6,11-12H,7-10,13-14H2,1-2H3. The first kappa shape index (κ1) is 22.2. The number of nitrogens with zero attached hydrogens (tertiary/aromatic N) is 2. The summed E-state index contributed by atoms with van der Waals surface area (Å²) in [4.78, 5) is 28.2. The normalized spacial score (nSPS) is 14.5. The van der Waals surface area contributed by atoms with Crippen LogP contribution in [0.5, 0.6) is 11.5 Å². The molecule has 160 valence electrons. The van der Waals surface area contributed by atoms with E-state index in [4.69, 9.17) is 9.47 Å². The van der Waals surface area contributed by atoms with E-state index in [-0.39, 0.29) is 24.1 Å². The Morgan fingerprint density at radius 2 is 1.77 bits per heavy atom. The van der Waals surface area contributed by atoms with Gasteiger partial charge >= 0.3 is 0 Å². The number of halogens is 2. The summed E-state index contributed by atoms with van der Waals surface area (Å²) >= 11 is 3.33. The molecule has 0 saturated carbocycles. The summed E-state index contributed by atoms with van der Waals surface area (Å²) in [6.07, 6.45) is 0. The minimum Gasteiger partial charge on any atom is -0.496 e. The molecule has 0 radical (unpaired) electrons. The minimum atomic E-state index is -0.297. The maximum Gasteiger partial charge on any atom is 0.260 e. The predicted molar refractivity (Wildman–Crippen MR) is 114 cm³/mol. The number of methoxy groups -OCH3 is 1. The molecule has 2 aromatic rings. The van der Waals surface area contributed by atoms with Gasteiger partial charge in [0.05, 0.1) is 12.7 Å². The maximum atomic E-state index is 13.6. The van der Waals surface area contributed by atoms with Crippen molar-refractivity contribution in [3.8, 4) is 11.5 Å². The van der Waals surface area contributed by atoms with Gasteiger partial charge in [0.15, 0.2) is 12.4 Å². The molecule has 8 heteroatoms. The number of hydrogen-bond acceptors (Lipinski definition) is 5. The van der Waals surface area contributed by atoms with Crippen LogP contribution in [0.4, 0.5) is 4.39 Å². The van der Waals surface area contributed by atoms with E-state index < -0.39 is 0 Å². The number of amides is 1. The van der Waals surface area contributed by atoms with Gasteiger partial charge in [-0.3, -0.25) is 14.5 Å². The summed E-state index contributed by atoms with van der Waals surface area (Å²) in [7, 11) is 1.57. The van der Waals surface area contributed by atoms with Crippen LogP contribution in [0.3, 0.4) is 0 Å². The van der Waals surface area contributed by atoms with Crippen LogP contribution in [0, 0.1) is 5.82 Å². The van der Waals surface area contributed by atoms with Gasteiger partial charge in [0.2, 0.25) is 0 Å². The summed E-state index contributed by atoms with van der Waals surface area (Å²) in [5, 5.41) is 0. The Hall–Kier alpha value is -2.45. The van der Waals surface area contributed by atoms with Crippen molar-refractivity contribution in [2.75, 3.05) is 39.9 Å². The lowest BCUT2D eigenvalue weighted by Gasteiger charge is -2.35. The fourth-order valence-corrected chi connectivity index (χ4v) is 3.76. The Balaban J connectivity index is 1.53. The minimum absolute atomic E-state index is 0.125. The molecule has 0 aromatic heterocycles. The van der Waals surface area contributed by atoms with Crippen LogP contribution in [-0.4, -0.2) is 61.4 Å². The Morgan fingerprint density at radius 3 is 2.43 bits per heavy atom. The van der Waals surface area contributed by atoms with Gasteiger partial charge in [0, 0.05) is 42.8 Å². The molecule has 0 aliphatic carbocycles. The van der Waals surface area contributed by atoms with Crippen LogP contribution in [-0.2, 0) is 11.3 Å². The third-order valence-corrected chi connectivity index (χ3v) is 5.53. The Morgan fingerprint density at radius 1 is 1.07 bits per heavy atom. The molecule has 0 N–H and O–H groups in total. The number of ketones is 1. The summed E-state index contributed by atoms with van der Waals surface area (Å²) in [5.41, 5.74) is 1.22. The zero-order chi connectivity index (χ0) is 21.7. The predicted octanol–water partition coefficient (Wildman–Crippen LogP) is 3.52. The van der Waals surface area contributed by atoms with Crippen molar-refractivity contribution in [2.24, 2.45) is 0 Å². The maximum absolute atomic E-state index is 13.6. The highest BCUT2D eigenvalue weighted by atomic mass is 79.9. The number of rotatable bonds is 7. The fraction of sp³-hybridized carbons (Fsp3) is 0.364. The van der Waals surface area contributed by atoms with Crippen LogP contribution >= 0.6 is 15.9 Å². The average Bonchev–Trinajstić information content (AvgIpc) is 2.73. The average molecular weight is 479 g/mol. The lowest BCUT2D eigenvalue weighted by molar-refractivity contribution is -0.135. The van der Waals surface area contributed by atoms with Crippen LogP contribution in [0.15, 0.2) is 40.9 Å². The lowest BCUT2D eigenvalue weighted by atomic mass is 10.1. The highest BCUT2D eigenvalue weighted by Crippen LogP contribution is 2.24. The molecule has 1 saturated heterocycles. The number of piperazine rings is 1. The van der Waals surface area contributed by atoms with Crippen molar-refractivity contribution in [3.05, 3.63) is 57.8 Å². The SMILES string of the molecule is COc1ccc(F)cc1CN1CCN(C(=O)COc2ccc(Br)cc2C(C)=O)CC1. The molecule has 1 amide bonds. The molecule has 0 atom stereocenters. The molecule has 30 heavy (non-hydrogen) atoms. The molecule has 1 heterocycles. The van der Waals surface area contributed by atoms with Gasteiger partial charge in [0.25, 0.3) is 5.91 Å². The Bertz CT molecular complexity index is 929. The molecule has 2 aromatic carbocycles. The number of hydrogen-bond donors (Lipinski definition) is 0. The van der Waals surface area contributed by atoms with Crippen molar-refractivity contribution < 1.29 is 23.5 Å². The second kappa shape index (κ2) is 10.0. The monoisotopic (exact) mass is 478 g/mol. The third kappa shape index (κ3) is 5.58. The van der Waals surface area contributed by atoms with Gasteiger partial charge in [0.1, 0.15) is 17.3 Å². The first-order valence-electron chi connectivity index (χ1n) is 9.63. The molecule has 1 aliphatic heterocycles. The van der Waals surface area contributed by atoms with E-state index in [9.17, 15) is 14.0 Å². The summed E-state index contributed by atoms with van der Waals surface area (Å²) < 4.78 is 25.3. The Labute approximate surface area is 183 Å². The first-order chi connectivity index (χ1) is 14.4. The van der Waals surface area contributed by atoms with Crippen molar-refractivity contribution in [3.63, 3.8) is 0 Å². The van der Waals surface area contributed by atoms with Gasteiger partial charge in [-0.1, -0.05) is 15.9 Å². The number of carbonyl (C=O) groups is 2. The largest absolute Gasteiger partial charge is 0.496 e. The second-order valence-electron chi connectivity index (χ2n) is 7.10.